The molecule has 3 N–H and O–H groups in total. The van der Waals surface area contributed by atoms with Crippen LogP contribution in [-0.4, -0.2) is 53.9 Å². The molecule has 0 aliphatic carbocycles. The molecule has 1 aliphatic rings. The maximum Gasteiger partial charge on any atom is 0.288 e. The van der Waals surface area contributed by atoms with Crippen molar-refractivity contribution in [3.8, 4) is 0 Å². The molecule has 0 unspecified atom stereocenters. The number of aryl methyl sites for hydroxylation is 1. The van der Waals surface area contributed by atoms with E-state index in [4.69, 9.17) is 5.73 Å². The Balaban J connectivity index is 1.77. The van der Waals surface area contributed by atoms with E-state index in [1.54, 1.807) is 0 Å². The second-order valence-electron chi connectivity index (χ2n) is 6.63. The van der Waals surface area contributed by atoms with Crippen LogP contribution < -0.4 is 16.0 Å². The van der Waals surface area contributed by atoms with Crippen molar-refractivity contribution in [2.75, 3.05) is 49.2 Å². The molecule has 1 fully saturated rings. The first-order valence-corrected chi connectivity index (χ1v) is 8.60. The van der Waals surface area contributed by atoms with Gasteiger partial charge in [0.05, 0.1) is 10.5 Å². The van der Waals surface area contributed by atoms with Crippen molar-refractivity contribution in [3.05, 3.63) is 51.7 Å². The number of aromatic nitrogens is 1. The minimum atomic E-state index is -0.612. The molecule has 2 heterocycles. The van der Waals surface area contributed by atoms with Gasteiger partial charge in [0.25, 0.3) is 11.6 Å². The van der Waals surface area contributed by atoms with E-state index in [9.17, 15) is 14.9 Å². The van der Waals surface area contributed by atoms with Crippen LogP contribution in [0.15, 0.2) is 30.5 Å². The molecule has 1 aromatic carbocycles. The standard InChI is InChI=1S/C18H22N6O3/c1-12-9-13(23-7-5-22(2)6-8-23)3-4-16(12)21-18(25)15-10-14(24(26)27)11-20-17(15)19/h3-4,9-11H,5-8H2,1-2H3,(H2,19,20)(H,21,25). The van der Waals surface area contributed by atoms with Crippen molar-refractivity contribution in [1.82, 2.24) is 9.88 Å². The molecular weight excluding hydrogens is 348 g/mol. The molecular formula is C18H22N6O3. The zero-order valence-corrected chi connectivity index (χ0v) is 15.3. The molecule has 3 rings (SSSR count). The van der Waals surface area contributed by atoms with Crippen LogP contribution >= 0.6 is 0 Å². The highest BCUT2D eigenvalue weighted by Gasteiger charge is 2.18. The van der Waals surface area contributed by atoms with E-state index >= 15 is 0 Å². The summed E-state index contributed by atoms with van der Waals surface area (Å²) in [5, 5.41) is 13.7. The Bertz CT molecular complexity index is 877. The average Bonchev–Trinajstić information content (AvgIpc) is 2.64. The van der Waals surface area contributed by atoms with Crippen LogP contribution in [0.25, 0.3) is 0 Å². The lowest BCUT2D eigenvalue weighted by atomic mass is 10.1. The van der Waals surface area contributed by atoms with Gasteiger partial charge in [-0.05, 0) is 37.7 Å². The highest BCUT2D eigenvalue weighted by molar-refractivity contribution is 6.07. The number of anilines is 3. The highest BCUT2D eigenvalue weighted by Crippen LogP contribution is 2.25. The minimum Gasteiger partial charge on any atom is -0.383 e. The fraction of sp³-hybridized carbons (Fsp3) is 0.333. The minimum absolute atomic E-state index is 0.0215. The van der Waals surface area contributed by atoms with Gasteiger partial charge in [-0.2, -0.15) is 0 Å². The number of benzene rings is 1. The van der Waals surface area contributed by atoms with Gasteiger partial charge in [-0.25, -0.2) is 4.98 Å². The maximum atomic E-state index is 12.5. The molecule has 1 aliphatic heterocycles. The van der Waals surface area contributed by atoms with Crippen molar-refractivity contribution in [3.63, 3.8) is 0 Å². The molecule has 0 atom stereocenters. The summed E-state index contributed by atoms with van der Waals surface area (Å²) in [5.41, 5.74) is 8.04. The first kappa shape index (κ1) is 18.6. The Hall–Kier alpha value is -3.20. The zero-order chi connectivity index (χ0) is 19.6. The summed E-state index contributed by atoms with van der Waals surface area (Å²) in [4.78, 5) is 31.1. The van der Waals surface area contributed by atoms with Crippen LogP contribution in [-0.2, 0) is 0 Å². The fourth-order valence-electron chi connectivity index (χ4n) is 2.99. The summed E-state index contributed by atoms with van der Waals surface area (Å²) in [6.07, 6.45) is 1.03. The number of nitrogens with zero attached hydrogens (tertiary/aromatic N) is 4. The highest BCUT2D eigenvalue weighted by atomic mass is 16.6. The van der Waals surface area contributed by atoms with Crippen LogP contribution in [0, 0.1) is 17.0 Å². The number of nitrogens with two attached hydrogens (primary N) is 1. The molecule has 0 radical (unpaired) electrons. The molecule has 27 heavy (non-hydrogen) atoms. The van der Waals surface area contributed by atoms with E-state index in [1.165, 1.54) is 0 Å². The number of hydrogen-bond donors (Lipinski definition) is 2. The van der Waals surface area contributed by atoms with Gasteiger partial charge in [0.1, 0.15) is 12.0 Å². The lowest BCUT2D eigenvalue weighted by Gasteiger charge is -2.34. The van der Waals surface area contributed by atoms with Crippen molar-refractivity contribution >= 4 is 28.8 Å². The smallest absolute Gasteiger partial charge is 0.288 e. The first-order chi connectivity index (χ1) is 12.8. The maximum absolute atomic E-state index is 12.5. The van der Waals surface area contributed by atoms with Gasteiger partial charge in [-0.1, -0.05) is 0 Å². The van der Waals surface area contributed by atoms with Crippen LogP contribution in [0.4, 0.5) is 22.9 Å². The average molecular weight is 370 g/mol. The topological polar surface area (TPSA) is 118 Å². The van der Waals surface area contributed by atoms with Crippen molar-refractivity contribution in [2.45, 2.75) is 6.92 Å². The molecule has 2 aromatic rings. The summed E-state index contributed by atoms with van der Waals surface area (Å²) in [5.74, 6) is -0.580. The summed E-state index contributed by atoms with van der Waals surface area (Å²) in [7, 11) is 2.11. The fourth-order valence-corrected chi connectivity index (χ4v) is 2.99. The Morgan fingerprint density at radius 1 is 1.26 bits per heavy atom. The van der Waals surface area contributed by atoms with Gasteiger partial charge in [0.2, 0.25) is 0 Å². The zero-order valence-electron chi connectivity index (χ0n) is 15.3. The van der Waals surface area contributed by atoms with E-state index in [1.807, 2.05) is 25.1 Å². The first-order valence-electron chi connectivity index (χ1n) is 8.60. The third-order valence-electron chi connectivity index (χ3n) is 4.69. The van der Waals surface area contributed by atoms with Gasteiger partial charge >= 0.3 is 0 Å². The van der Waals surface area contributed by atoms with E-state index in [0.717, 1.165) is 49.7 Å². The molecule has 1 aromatic heterocycles. The molecule has 1 saturated heterocycles. The lowest BCUT2D eigenvalue weighted by Crippen LogP contribution is -2.44. The number of pyridine rings is 1. The van der Waals surface area contributed by atoms with Crippen LogP contribution in [0.2, 0.25) is 0 Å². The lowest BCUT2D eigenvalue weighted by molar-refractivity contribution is -0.385. The molecule has 9 heteroatoms. The number of likely N-dealkylation sites (N-methyl/N-ethyl adjacent to an activating group) is 1. The van der Waals surface area contributed by atoms with Crippen LogP contribution in [0.3, 0.4) is 0 Å². The second kappa shape index (κ2) is 7.58. The summed E-state index contributed by atoms with van der Waals surface area (Å²) < 4.78 is 0. The number of nitrogen functional groups attached to an aromatic ring is 1. The third kappa shape index (κ3) is 4.14. The monoisotopic (exact) mass is 370 g/mol. The Morgan fingerprint density at radius 2 is 1.96 bits per heavy atom. The number of piperazine rings is 1. The van der Waals surface area contributed by atoms with Gasteiger partial charge in [-0.15, -0.1) is 0 Å². The third-order valence-corrected chi connectivity index (χ3v) is 4.69. The quantitative estimate of drug-likeness (QED) is 0.623. The Morgan fingerprint density at radius 3 is 2.59 bits per heavy atom. The number of hydrogen-bond acceptors (Lipinski definition) is 7. The number of nitrogens with one attached hydrogen (secondary N) is 1. The predicted molar refractivity (Wildman–Crippen MR) is 104 cm³/mol. The molecule has 0 saturated carbocycles. The number of carbonyl (C=O) groups is 1. The second-order valence-corrected chi connectivity index (χ2v) is 6.63. The van der Waals surface area contributed by atoms with Crippen LogP contribution in [0.5, 0.6) is 0 Å². The van der Waals surface area contributed by atoms with Gasteiger partial charge < -0.3 is 20.9 Å². The number of rotatable bonds is 4. The van der Waals surface area contributed by atoms with Crippen LogP contribution in [0.1, 0.15) is 15.9 Å². The van der Waals surface area contributed by atoms with Crippen molar-refractivity contribution < 1.29 is 9.72 Å². The summed E-state index contributed by atoms with van der Waals surface area (Å²) >= 11 is 0. The summed E-state index contributed by atoms with van der Waals surface area (Å²) in [6.45, 7) is 5.84. The number of carbonyl (C=O) groups excluding carboxylic acids is 1. The largest absolute Gasteiger partial charge is 0.383 e. The Labute approximate surface area is 156 Å². The number of nitro groups is 1. The Kier molecular flexibility index (Phi) is 5.22. The van der Waals surface area contributed by atoms with Gasteiger partial charge in [0, 0.05) is 43.6 Å². The molecule has 0 spiro atoms. The SMILES string of the molecule is Cc1cc(N2CCN(C)CC2)ccc1NC(=O)c1cc([N+](=O)[O-])cnc1N. The van der Waals surface area contributed by atoms with Crippen molar-refractivity contribution in [2.24, 2.45) is 0 Å². The molecule has 9 nitrogen and oxygen atoms in total. The van der Waals surface area contributed by atoms with E-state index in [-0.39, 0.29) is 17.1 Å². The normalized spacial score (nSPS) is 14.8. The van der Waals surface area contributed by atoms with E-state index in [2.05, 4.69) is 27.1 Å². The van der Waals surface area contributed by atoms with E-state index in [0.29, 0.717) is 5.69 Å². The molecule has 0 bridgehead atoms. The predicted octanol–water partition coefficient (Wildman–Crippen LogP) is 1.88. The molecule has 142 valence electrons. The molecule has 1 amide bonds. The van der Waals surface area contributed by atoms with Gasteiger partial charge in [-0.3, -0.25) is 14.9 Å². The number of amides is 1. The van der Waals surface area contributed by atoms with Gasteiger partial charge in [0.15, 0.2) is 0 Å². The van der Waals surface area contributed by atoms with E-state index < -0.39 is 10.8 Å². The summed E-state index contributed by atoms with van der Waals surface area (Å²) in [6, 6.07) is 6.95. The van der Waals surface area contributed by atoms with Crippen molar-refractivity contribution in [1.29, 1.82) is 0 Å².